The Hall–Kier alpha value is -2.87. The van der Waals surface area contributed by atoms with Crippen molar-refractivity contribution >= 4 is 27.3 Å². The predicted octanol–water partition coefficient (Wildman–Crippen LogP) is 2.25. The number of aryl methyl sites for hydroxylation is 2. The SMILES string of the molecule is Cc1ccc(C(=O)NCc2cn3cccc(C)c3n2)cc1NS(C)(=O)=O. The number of rotatable bonds is 5. The fourth-order valence-corrected chi connectivity index (χ4v) is 3.25. The molecule has 1 amide bonds. The molecule has 0 aliphatic rings. The van der Waals surface area contributed by atoms with Gasteiger partial charge >= 0.3 is 0 Å². The summed E-state index contributed by atoms with van der Waals surface area (Å²) < 4.78 is 27.2. The Balaban J connectivity index is 1.75. The van der Waals surface area contributed by atoms with Crippen molar-refractivity contribution < 1.29 is 13.2 Å². The first-order chi connectivity index (χ1) is 12.2. The van der Waals surface area contributed by atoms with E-state index < -0.39 is 10.0 Å². The van der Waals surface area contributed by atoms with Crippen molar-refractivity contribution in [1.82, 2.24) is 14.7 Å². The molecule has 0 spiro atoms. The Morgan fingerprint density at radius 1 is 1.19 bits per heavy atom. The molecule has 8 heteroatoms. The van der Waals surface area contributed by atoms with Crippen LogP contribution in [0.3, 0.4) is 0 Å². The average Bonchev–Trinajstić information content (AvgIpc) is 2.98. The molecule has 0 aliphatic heterocycles. The molecule has 0 saturated heterocycles. The lowest BCUT2D eigenvalue weighted by atomic mass is 10.1. The van der Waals surface area contributed by atoms with E-state index in [1.165, 1.54) is 6.07 Å². The highest BCUT2D eigenvalue weighted by atomic mass is 32.2. The van der Waals surface area contributed by atoms with Crippen LogP contribution in [0.5, 0.6) is 0 Å². The average molecular weight is 372 g/mol. The van der Waals surface area contributed by atoms with Crippen LogP contribution in [0.4, 0.5) is 5.69 Å². The number of aromatic nitrogens is 2. The molecule has 0 radical (unpaired) electrons. The molecule has 0 fully saturated rings. The first-order valence-electron chi connectivity index (χ1n) is 8.03. The molecule has 0 saturated carbocycles. The first kappa shape index (κ1) is 17.9. The van der Waals surface area contributed by atoms with Crippen molar-refractivity contribution in [2.24, 2.45) is 0 Å². The quantitative estimate of drug-likeness (QED) is 0.718. The second kappa shape index (κ2) is 6.80. The van der Waals surface area contributed by atoms with E-state index in [1.807, 2.05) is 35.9 Å². The number of hydrogen-bond donors (Lipinski definition) is 2. The standard InChI is InChI=1S/C18H20N4O3S/c1-12-6-7-14(9-16(12)21-26(3,24)25)18(23)19-10-15-11-22-8-4-5-13(2)17(22)20-15/h4-9,11,21H,10H2,1-3H3,(H,19,23). The summed E-state index contributed by atoms with van der Waals surface area (Å²) in [5.74, 6) is -0.296. The summed E-state index contributed by atoms with van der Waals surface area (Å²) in [4.78, 5) is 16.9. The molecule has 0 bridgehead atoms. The van der Waals surface area contributed by atoms with E-state index in [2.05, 4.69) is 15.0 Å². The summed E-state index contributed by atoms with van der Waals surface area (Å²) >= 11 is 0. The summed E-state index contributed by atoms with van der Waals surface area (Å²) in [5, 5.41) is 2.81. The van der Waals surface area contributed by atoms with Gasteiger partial charge in [0.25, 0.3) is 5.91 Å². The van der Waals surface area contributed by atoms with Crippen LogP contribution >= 0.6 is 0 Å². The van der Waals surface area contributed by atoms with Gasteiger partial charge in [-0.05, 0) is 43.2 Å². The van der Waals surface area contributed by atoms with Gasteiger partial charge in [-0.15, -0.1) is 0 Å². The van der Waals surface area contributed by atoms with E-state index in [0.29, 0.717) is 11.3 Å². The van der Waals surface area contributed by atoms with Crippen LogP contribution in [-0.2, 0) is 16.6 Å². The highest BCUT2D eigenvalue weighted by Gasteiger charge is 2.11. The van der Waals surface area contributed by atoms with Crippen molar-refractivity contribution in [3.8, 4) is 0 Å². The van der Waals surface area contributed by atoms with Gasteiger partial charge in [-0.2, -0.15) is 0 Å². The second-order valence-corrected chi connectivity index (χ2v) is 7.99. The summed E-state index contributed by atoms with van der Waals surface area (Å²) in [6.07, 6.45) is 4.85. The third kappa shape index (κ3) is 4.02. The second-order valence-electron chi connectivity index (χ2n) is 6.24. The number of fused-ring (bicyclic) bond motifs is 1. The minimum atomic E-state index is -3.41. The molecule has 2 heterocycles. The predicted molar refractivity (Wildman–Crippen MR) is 101 cm³/mol. The van der Waals surface area contributed by atoms with Gasteiger partial charge < -0.3 is 9.72 Å². The minimum absolute atomic E-state index is 0.280. The number of carbonyl (C=O) groups is 1. The van der Waals surface area contributed by atoms with Crippen LogP contribution in [0.25, 0.3) is 5.65 Å². The molecular weight excluding hydrogens is 352 g/mol. The molecule has 0 atom stereocenters. The number of imidazole rings is 1. The Morgan fingerprint density at radius 2 is 1.96 bits per heavy atom. The first-order valence-corrected chi connectivity index (χ1v) is 9.92. The highest BCUT2D eigenvalue weighted by Crippen LogP contribution is 2.18. The number of nitrogens with zero attached hydrogens (tertiary/aromatic N) is 2. The van der Waals surface area contributed by atoms with Crippen molar-refractivity contribution in [1.29, 1.82) is 0 Å². The molecule has 0 aliphatic carbocycles. The third-order valence-electron chi connectivity index (χ3n) is 3.95. The molecule has 26 heavy (non-hydrogen) atoms. The zero-order valence-electron chi connectivity index (χ0n) is 14.8. The van der Waals surface area contributed by atoms with Crippen molar-refractivity contribution in [3.05, 3.63) is 65.1 Å². The Labute approximate surface area is 152 Å². The lowest BCUT2D eigenvalue weighted by Gasteiger charge is -2.10. The zero-order valence-corrected chi connectivity index (χ0v) is 15.6. The maximum absolute atomic E-state index is 12.4. The third-order valence-corrected chi connectivity index (χ3v) is 4.54. The number of hydrogen-bond acceptors (Lipinski definition) is 4. The topological polar surface area (TPSA) is 92.6 Å². The zero-order chi connectivity index (χ0) is 18.9. The molecule has 3 aromatic rings. The van der Waals surface area contributed by atoms with Crippen molar-refractivity contribution in [2.75, 3.05) is 11.0 Å². The lowest BCUT2D eigenvalue weighted by Crippen LogP contribution is -2.23. The van der Waals surface area contributed by atoms with Crippen molar-refractivity contribution in [2.45, 2.75) is 20.4 Å². The van der Waals surface area contributed by atoms with Crippen LogP contribution < -0.4 is 10.0 Å². The number of nitrogens with one attached hydrogen (secondary N) is 2. The molecule has 1 aromatic carbocycles. The Morgan fingerprint density at radius 3 is 2.65 bits per heavy atom. The monoisotopic (exact) mass is 372 g/mol. The smallest absolute Gasteiger partial charge is 0.251 e. The summed E-state index contributed by atoms with van der Waals surface area (Å²) in [7, 11) is -3.41. The molecule has 0 unspecified atom stereocenters. The number of anilines is 1. The van der Waals surface area contributed by atoms with E-state index in [4.69, 9.17) is 0 Å². The molecular formula is C18H20N4O3S. The largest absolute Gasteiger partial charge is 0.346 e. The number of pyridine rings is 1. The van der Waals surface area contributed by atoms with E-state index >= 15 is 0 Å². The van der Waals surface area contributed by atoms with Crippen LogP contribution in [0, 0.1) is 13.8 Å². The normalized spacial score (nSPS) is 11.5. The summed E-state index contributed by atoms with van der Waals surface area (Å²) in [6, 6.07) is 8.81. The molecule has 3 rings (SSSR count). The summed E-state index contributed by atoms with van der Waals surface area (Å²) in [6.45, 7) is 4.03. The molecule has 2 N–H and O–H groups in total. The Bertz CT molecular complexity index is 1090. The number of amides is 1. The van der Waals surface area contributed by atoms with Gasteiger partial charge in [-0.1, -0.05) is 12.1 Å². The highest BCUT2D eigenvalue weighted by molar-refractivity contribution is 7.92. The van der Waals surface area contributed by atoms with Gasteiger partial charge in [0.15, 0.2) is 0 Å². The molecule has 2 aromatic heterocycles. The number of sulfonamides is 1. The van der Waals surface area contributed by atoms with Gasteiger partial charge in [0, 0.05) is 18.0 Å². The van der Waals surface area contributed by atoms with E-state index in [0.717, 1.165) is 28.7 Å². The van der Waals surface area contributed by atoms with Gasteiger partial charge in [0.2, 0.25) is 10.0 Å². The fourth-order valence-electron chi connectivity index (χ4n) is 2.64. The van der Waals surface area contributed by atoms with E-state index in [1.54, 1.807) is 19.1 Å². The van der Waals surface area contributed by atoms with Crippen LogP contribution in [0.1, 0.15) is 27.2 Å². The maximum Gasteiger partial charge on any atom is 0.251 e. The van der Waals surface area contributed by atoms with E-state index in [9.17, 15) is 13.2 Å². The number of benzene rings is 1. The van der Waals surface area contributed by atoms with Gasteiger partial charge in [0.1, 0.15) is 5.65 Å². The maximum atomic E-state index is 12.4. The molecule has 136 valence electrons. The van der Waals surface area contributed by atoms with E-state index in [-0.39, 0.29) is 12.5 Å². The van der Waals surface area contributed by atoms with Crippen LogP contribution in [0.15, 0.2) is 42.7 Å². The van der Waals surface area contributed by atoms with Crippen LogP contribution in [0.2, 0.25) is 0 Å². The Kier molecular flexibility index (Phi) is 4.69. The lowest BCUT2D eigenvalue weighted by molar-refractivity contribution is 0.0950. The van der Waals surface area contributed by atoms with Gasteiger partial charge in [0.05, 0.1) is 24.2 Å². The van der Waals surface area contributed by atoms with Gasteiger partial charge in [-0.3, -0.25) is 9.52 Å². The minimum Gasteiger partial charge on any atom is -0.346 e. The van der Waals surface area contributed by atoms with Gasteiger partial charge in [-0.25, -0.2) is 13.4 Å². The van der Waals surface area contributed by atoms with Crippen molar-refractivity contribution in [3.63, 3.8) is 0 Å². The van der Waals surface area contributed by atoms with Crippen LogP contribution in [-0.4, -0.2) is 30.0 Å². The summed E-state index contributed by atoms with van der Waals surface area (Å²) in [5.41, 5.74) is 4.16. The fraction of sp³-hybridized carbons (Fsp3) is 0.222. The molecule has 7 nitrogen and oxygen atoms in total. The number of carbonyl (C=O) groups excluding carboxylic acids is 1.